The SMILES string of the molecule is COC(=O)C1=C(C)N(c2ccc(F)c(Cl)c2)C(=O)/C1=C\c1cccc(O)c1. The summed E-state index contributed by atoms with van der Waals surface area (Å²) in [6, 6.07) is 10.1. The minimum atomic E-state index is -0.678. The van der Waals surface area contributed by atoms with Crippen molar-refractivity contribution >= 4 is 35.2 Å². The van der Waals surface area contributed by atoms with E-state index in [1.54, 1.807) is 19.1 Å². The third kappa shape index (κ3) is 3.44. The molecule has 0 atom stereocenters. The summed E-state index contributed by atoms with van der Waals surface area (Å²) < 4.78 is 18.3. The van der Waals surface area contributed by atoms with Crippen LogP contribution in [0.15, 0.2) is 59.3 Å². The molecule has 5 nitrogen and oxygen atoms in total. The van der Waals surface area contributed by atoms with E-state index in [1.165, 1.54) is 42.4 Å². The topological polar surface area (TPSA) is 66.8 Å². The van der Waals surface area contributed by atoms with E-state index in [0.29, 0.717) is 16.9 Å². The third-order valence-corrected chi connectivity index (χ3v) is 4.42. The summed E-state index contributed by atoms with van der Waals surface area (Å²) in [4.78, 5) is 26.6. The van der Waals surface area contributed by atoms with Crippen molar-refractivity contribution in [2.75, 3.05) is 12.0 Å². The normalized spacial score (nSPS) is 15.6. The lowest BCUT2D eigenvalue weighted by Crippen LogP contribution is -2.24. The molecule has 2 aromatic carbocycles. The van der Waals surface area contributed by atoms with Gasteiger partial charge in [0.25, 0.3) is 5.91 Å². The monoisotopic (exact) mass is 387 g/mol. The molecule has 0 saturated carbocycles. The number of benzene rings is 2. The molecule has 0 aromatic heterocycles. The first kappa shape index (κ1) is 18.7. The van der Waals surface area contributed by atoms with Crippen molar-refractivity contribution in [2.45, 2.75) is 6.92 Å². The number of allylic oxidation sites excluding steroid dienone is 1. The number of methoxy groups -OCH3 is 1. The second-order valence-corrected chi connectivity index (χ2v) is 6.25. The maximum absolute atomic E-state index is 13.5. The van der Waals surface area contributed by atoms with Gasteiger partial charge in [0.15, 0.2) is 0 Å². The molecule has 0 aliphatic carbocycles. The number of phenols is 1. The number of hydrogen-bond donors (Lipinski definition) is 1. The van der Waals surface area contributed by atoms with E-state index in [0.717, 1.165) is 6.07 Å². The molecule has 1 aliphatic heterocycles. The molecule has 0 bridgehead atoms. The number of anilines is 1. The van der Waals surface area contributed by atoms with Gasteiger partial charge in [-0.1, -0.05) is 23.7 Å². The molecule has 0 unspecified atom stereocenters. The Bertz CT molecular complexity index is 1010. The van der Waals surface area contributed by atoms with Gasteiger partial charge < -0.3 is 9.84 Å². The van der Waals surface area contributed by atoms with E-state index in [1.807, 2.05) is 0 Å². The van der Waals surface area contributed by atoms with Gasteiger partial charge in [0, 0.05) is 5.70 Å². The predicted molar refractivity (Wildman–Crippen MR) is 99.7 cm³/mol. The third-order valence-electron chi connectivity index (χ3n) is 4.13. The Balaban J connectivity index is 2.15. The zero-order valence-corrected chi connectivity index (χ0v) is 15.2. The lowest BCUT2D eigenvalue weighted by atomic mass is 10.0. The van der Waals surface area contributed by atoms with E-state index in [2.05, 4.69) is 0 Å². The summed E-state index contributed by atoms with van der Waals surface area (Å²) >= 11 is 5.83. The number of carbonyl (C=O) groups is 2. The average Bonchev–Trinajstić information content (AvgIpc) is 2.87. The van der Waals surface area contributed by atoms with Gasteiger partial charge in [0.1, 0.15) is 11.6 Å². The number of aromatic hydroxyl groups is 1. The fourth-order valence-corrected chi connectivity index (χ4v) is 3.07. The van der Waals surface area contributed by atoms with Crippen LogP contribution in [0.1, 0.15) is 12.5 Å². The zero-order valence-electron chi connectivity index (χ0n) is 14.5. The number of esters is 1. The molecule has 2 aromatic rings. The van der Waals surface area contributed by atoms with Gasteiger partial charge in [-0.3, -0.25) is 9.69 Å². The standard InChI is InChI=1S/C20H15ClFNO4/c1-11-18(20(26)27-2)15(9-12-4-3-5-14(24)8-12)19(25)23(11)13-6-7-17(22)16(21)10-13/h3-10,24H,1-2H3/b15-9-. The van der Waals surface area contributed by atoms with Crippen LogP contribution in [0.5, 0.6) is 5.75 Å². The predicted octanol–water partition coefficient (Wildman–Crippen LogP) is 4.06. The largest absolute Gasteiger partial charge is 0.508 e. The van der Waals surface area contributed by atoms with Crippen molar-refractivity contribution in [3.05, 3.63) is 75.7 Å². The van der Waals surface area contributed by atoms with Crippen LogP contribution < -0.4 is 4.90 Å². The van der Waals surface area contributed by atoms with Gasteiger partial charge in [0.05, 0.1) is 29.0 Å². The van der Waals surface area contributed by atoms with Crippen LogP contribution in [0.3, 0.4) is 0 Å². The summed E-state index contributed by atoms with van der Waals surface area (Å²) in [6.45, 7) is 1.59. The molecule has 0 fully saturated rings. The summed E-state index contributed by atoms with van der Waals surface area (Å²) in [5.41, 5.74) is 1.38. The van der Waals surface area contributed by atoms with E-state index in [4.69, 9.17) is 16.3 Å². The first-order valence-electron chi connectivity index (χ1n) is 7.93. The summed E-state index contributed by atoms with van der Waals surface area (Å²) in [5, 5.41) is 9.49. The van der Waals surface area contributed by atoms with Crippen LogP contribution in [-0.2, 0) is 14.3 Å². The number of rotatable bonds is 3. The van der Waals surface area contributed by atoms with Crippen LogP contribution in [0.25, 0.3) is 6.08 Å². The number of hydrogen-bond acceptors (Lipinski definition) is 4. The van der Waals surface area contributed by atoms with Crippen molar-refractivity contribution in [3.8, 4) is 5.75 Å². The van der Waals surface area contributed by atoms with Crippen molar-refractivity contribution in [1.82, 2.24) is 0 Å². The fraction of sp³-hybridized carbons (Fsp3) is 0.100. The molecule has 138 valence electrons. The van der Waals surface area contributed by atoms with Gasteiger partial charge in [0.2, 0.25) is 0 Å². The van der Waals surface area contributed by atoms with Gasteiger partial charge >= 0.3 is 5.97 Å². The molecule has 0 radical (unpaired) electrons. The molecular weight excluding hydrogens is 373 g/mol. The quantitative estimate of drug-likeness (QED) is 0.637. The van der Waals surface area contributed by atoms with Crippen LogP contribution >= 0.6 is 11.6 Å². The molecular formula is C20H15ClFNO4. The molecule has 1 N–H and O–H groups in total. The smallest absolute Gasteiger partial charge is 0.340 e. The van der Waals surface area contributed by atoms with Gasteiger partial charge in [-0.2, -0.15) is 0 Å². The van der Waals surface area contributed by atoms with Crippen LogP contribution in [0, 0.1) is 5.82 Å². The second kappa shape index (κ2) is 7.25. The number of carbonyl (C=O) groups excluding carboxylic acids is 2. The molecule has 1 aliphatic rings. The van der Waals surface area contributed by atoms with Crippen molar-refractivity contribution in [2.24, 2.45) is 0 Å². The Morgan fingerprint density at radius 2 is 2.00 bits per heavy atom. The average molecular weight is 388 g/mol. The Morgan fingerprint density at radius 1 is 1.26 bits per heavy atom. The number of halogens is 2. The molecule has 1 heterocycles. The van der Waals surface area contributed by atoms with Gasteiger partial charge in [-0.15, -0.1) is 0 Å². The lowest BCUT2D eigenvalue weighted by molar-refractivity contribution is -0.136. The highest BCUT2D eigenvalue weighted by molar-refractivity contribution is 6.31. The summed E-state index contributed by atoms with van der Waals surface area (Å²) in [5.74, 6) is -1.75. The number of phenolic OH excluding ortho intramolecular Hbond substituents is 1. The number of amides is 1. The minimum absolute atomic E-state index is 0.0253. The van der Waals surface area contributed by atoms with E-state index in [-0.39, 0.29) is 21.9 Å². The van der Waals surface area contributed by atoms with Crippen LogP contribution in [-0.4, -0.2) is 24.1 Å². The van der Waals surface area contributed by atoms with E-state index >= 15 is 0 Å². The second-order valence-electron chi connectivity index (χ2n) is 5.84. The Labute approximate surface area is 159 Å². The van der Waals surface area contributed by atoms with Crippen molar-refractivity contribution in [1.29, 1.82) is 0 Å². The van der Waals surface area contributed by atoms with E-state index in [9.17, 15) is 19.1 Å². The molecule has 1 amide bonds. The summed E-state index contributed by atoms with van der Waals surface area (Å²) in [6.07, 6.45) is 1.49. The van der Waals surface area contributed by atoms with Crippen molar-refractivity contribution < 1.29 is 23.8 Å². The fourth-order valence-electron chi connectivity index (χ4n) is 2.90. The molecule has 27 heavy (non-hydrogen) atoms. The van der Waals surface area contributed by atoms with Crippen molar-refractivity contribution in [3.63, 3.8) is 0 Å². The molecule has 0 saturated heterocycles. The molecule has 7 heteroatoms. The minimum Gasteiger partial charge on any atom is -0.508 e. The lowest BCUT2D eigenvalue weighted by Gasteiger charge is -2.18. The maximum Gasteiger partial charge on any atom is 0.340 e. The Hall–Kier alpha value is -3.12. The van der Waals surface area contributed by atoms with Crippen LogP contribution in [0.4, 0.5) is 10.1 Å². The van der Waals surface area contributed by atoms with Gasteiger partial charge in [-0.25, -0.2) is 9.18 Å². The first-order chi connectivity index (χ1) is 12.8. The number of nitrogens with zero attached hydrogens (tertiary/aromatic N) is 1. The first-order valence-corrected chi connectivity index (χ1v) is 8.31. The van der Waals surface area contributed by atoms with E-state index < -0.39 is 17.7 Å². The summed E-state index contributed by atoms with van der Waals surface area (Å²) in [7, 11) is 1.22. The Morgan fingerprint density at radius 3 is 2.63 bits per heavy atom. The van der Waals surface area contributed by atoms with Gasteiger partial charge in [-0.05, 0) is 48.9 Å². The maximum atomic E-state index is 13.5. The highest BCUT2D eigenvalue weighted by Crippen LogP contribution is 2.36. The molecule has 3 rings (SSSR count). The molecule has 0 spiro atoms. The highest BCUT2D eigenvalue weighted by Gasteiger charge is 2.38. The number of ether oxygens (including phenoxy) is 1. The highest BCUT2D eigenvalue weighted by atomic mass is 35.5. The Kier molecular flexibility index (Phi) is 5.01. The van der Waals surface area contributed by atoms with Crippen LogP contribution in [0.2, 0.25) is 5.02 Å². The zero-order chi connectivity index (χ0) is 19.7.